The van der Waals surface area contributed by atoms with Gasteiger partial charge in [-0.2, -0.15) is 0 Å². The van der Waals surface area contributed by atoms with Gasteiger partial charge in [0.2, 0.25) is 0 Å². The Labute approximate surface area is 82.7 Å². The first-order valence-corrected chi connectivity index (χ1v) is 3.89. The molecule has 0 fully saturated rings. The number of allylic oxidation sites excluding steroid dienone is 2. The summed E-state index contributed by atoms with van der Waals surface area (Å²) in [6, 6.07) is 0. The molecule has 0 heterocycles. The zero-order valence-electron chi connectivity index (χ0n) is 7.47. The van der Waals surface area contributed by atoms with Crippen LogP contribution in [0.15, 0.2) is 41.6 Å². The Kier molecular flexibility index (Phi) is 4.69. The highest BCUT2D eigenvalue weighted by Gasteiger charge is 2.02. The van der Waals surface area contributed by atoms with Gasteiger partial charge < -0.3 is 16.8 Å². The number of nitrogens with zero attached hydrogens (tertiary/aromatic N) is 1. The first-order valence-electron chi connectivity index (χ1n) is 3.51. The average Bonchev–Trinajstić information content (AvgIpc) is 2.02. The Balaban J connectivity index is 4.75. The van der Waals surface area contributed by atoms with Crippen LogP contribution in [0.4, 0.5) is 0 Å². The normalized spacial score (nSPS) is 13.2. The molecule has 0 bridgehead atoms. The van der Waals surface area contributed by atoms with Gasteiger partial charge in [0.25, 0.3) is 0 Å². The van der Waals surface area contributed by atoms with Crippen molar-refractivity contribution in [2.75, 3.05) is 0 Å². The van der Waals surface area contributed by atoms with Gasteiger partial charge in [0.1, 0.15) is 5.82 Å². The van der Waals surface area contributed by atoms with E-state index in [4.69, 9.17) is 23.1 Å². The quantitative estimate of drug-likeness (QED) is 0.592. The molecule has 5 heteroatoms. The fourth-order valence-corrected chi connectivity index (χ4v) is 0.822. The Morgan fingerprint density at radius 2 is 2.08 bits per heavy atom. The van der Waals surface area contributed by atoms with E-state index in [0.717, 1.165) is 0 Å². The summed E-state index contributed by atoms with van der Waals surface area (Å²) in [5.74, 6) is 0.111. The van der Waals surface area contributed by atoms with E-state index in [2.05, 4.69) is 23.5 Å². The topological polar surface area (TPSA) is 76.4 Å². The van der Waals surface area contributed by atoms with E-state index >= 15 is 0 Å². The number of aliphatic imine (C=N–C) groups is 1. The van der Waals surface area contributed by atoms with Crippen molar-refractivity contribution in [2.24, 2.45) is 16.5 Å². The molecule has 0 aliphatic heterocycles. The van der Waals surface area contributed by atoms with Crippen LogP contribution in [0, 0.1) is 0 Å². The maximum absolute atomic E-state index is 5.71. The summed E-state index contributed by atoms with van der Waals surface area (Å²) in [5.41, 5.74) is 11.8. The minimum absolute atomic E-state index is 0.111. The van der Waals surface area contributed by atoms with Gasteiger partial charge in [0.05, 0.1) is 5.70 Å². The van der Waals surface area contributed by atoms with Crippen LogP contribution in [0.25, 0.3) is 0 Å². The molecule has 5 N–H and O–H groups in total. The van der Waals surface area contributed by atoms with Gasteiger partial charge in [-0.3, -0.25) is 0 Å². The second-order valence-corrected chi connectivity index (χ2v) is 2.64. The molecule has 0 spiro atoms. The van der Waals surface area contributed by atoms with Gasteiger partial charge in [-0.15, -0.1) is 0 Å². The van der Waals surface area contributed by atoms with Gasteiger partial charge in [-0.1, -0.05) is 24.8 Å². The smallest absolute Gasteiger partial charge is 0.156 e. The number of nitrogens with one attached hydrogen (secondary N) is 1. The summed E-state index contributed by atoms with van der Waals surface area (Å²) in [7, 11) is 0. The van der Waals surface area contributed by atoms with Crippen molar-refractivity contribution in [1.29, 1.82) is 0 Å². The lowest BCUT2D eigenvalue weighted by atomic mass is 10.3. The van der Waals surface area contributed by atoms with Crippen LogP contribution in [0.3, 0.4) is 0 Å². The van der Waals surface area contributed by atoms with Crippen molar-refractivity contribution in [3.05, 3.63) is 36.6 Å². The van der Waals surface area contributed by atoms with Crippen molar-refractivity contribution in [1.82, 2.24) is 5.32 Å². The predicted octanol–water partition coefficient (Wildman–Crippen LogP) is 0.977. The van der Waals surface area contributed by atoms with Crippen LogP contribution in [-0.4, -0.2) is 5.17 Å². The molecule has 0 atom stereocenters. The molecular weight excluding hydrogens is 188 g/mol. The minimum Gasteiger partial charge on any atom is -0.395 e. The van der Waals surface area contributed by atoms with E-state index in [-0.39, 0.29) is 11.0 Å². The fourth-order valence-electron chi connectivity index (χ4n) is 0.572. The maximum atomic E-state index is 5.71. The van der Waals surface area contributed by atoms with E-state index in [1.54, 1.807) is 6.92 Å². The van der Waals surface area contributed by atoms with Gasteiger partial charge >= 0.3 is 0 Å². The molecule has 0 radical (unpaired) electrons. The molecule has 0 aromatic rings. The molecule has 0 rings (SSSR count). The summed E-state index contributed by atoms with van der Waals surface area (Å²) in [6.07, 6.45) is 1.49. The van der Waals surface area contributed by atoms with Crippen LogP contribution >= 0.6 is 11.6 Å². The molecule has 0 saturated carbocycles. The maximum Gasteiger partial charge on any atom is 0.156 e. The number of halogens is 1. The average molecular weight is 201 g/mol. The lowest BCUT2D eigenvalue weighted by Gasteiger charge is -2.04. The van der Waals surface area contributed by atoms with E-state index < -0.39 is 0 Å². The first kappa shape index (κ1) is 11.6. The third kappa shape index (κ3) is 4.22. The summed E-state index contributed by atoms with van der Waals surface area (Å²) in [4.78, 5) is 3.69. The molecule has 0 aliphatic rings. The van der Waals surface area contributed by atoms with Crippen LogP contribution in [0.1, 0.15) is 6.92 Å². The molecule has 4 nitrogen and oxygen atoms in total. The van der Waals surface area contributed by atoms with Crippen LogP contribution < -0.4 is 16.8 Å². The van der Waals surface area contributed by atoms with Gasteiger partial charge in [0, 0.05) is 5.70 Å². The molecule has 13 heavy (non-hydrogen) atoms. The molecule has 72 valence electrons. The van der Waals surface area contributed by atoms with E-state index in [1.807, 2.05) is 0 Å². The Morgan fingerprint density at radius 1 is 1.54 bits per heavy atom. The van der Waals surface area contributed by atoms with Crippen LogP contribution in [-0.2, 0) is 0 Å². The van der Waals surface area contributed by atoms with Crippen LogP contribution in [0.2, 0.25) is 0 Å². The van der Waals surface area contributed by atoms with Crippen molar-refractivity contribution in [2.45, 2.75) is 6.92 Å². The second kappa shape index (κ2) is 5.27. The third-order valence-corrected chi connectivity index (χ3v) is 1.47. The molecule has 0 amide bonds. The van der Waals surface area contributed by atoms with Crippen molar-refractivity contribution in [3.63, 3.8) is 0 Å². The number of nitrogens with two attached hydrogens (primary N) is 2. The van der Waals surface area contributed by atoms with E-state index in [9.17, 15) is 0 Å². The lowest BCUT2D eigenvalue weighted by molar-refractivity contribution is 1.03. The number of rotatable bonds is 4. The standard InChI is InChI=1S/C8H13ClN4/c1-4-12-5(2)7(11)8(9)13-6(3)10/h4,12H,1,3,10-11H2,2H3/b7-5-,13-8?. The largest absolute Gasteiger partial charge is 0.395 e. The molecule has 0 unspecified atom stereocenters. The summed E-state index contributed by atoms with van der Waals surface area (Å²) >= 11 is 5.71. The monoisotopic (exact) mass is 200 g/mol. The lowest BCUT2D eigenvalue weighted by Crippen LogP contribution is -2.15. The second-order valence-electron chi connectivity index (χ2n) is 2.28. The Hall–Kier alpha value is -1.42. The Morgan fingerprint density at radius 3 is 2.46 bits per heavy atom. The minimum atomic E-state index is 0.111. The third-order valence-electron chi connectivity index (χ3n) is 1.19. The van der Waals surface area contributed by atoms with E-state index in [1.165, 1.54) is 6.20 Å². The van der Waals surface area contributed by atoms with E-state index in [0.29, 0.717) is 11.4 Å². The molecule has 0 aromatic carbocycles. The van der Waals surface area contributed by atoms with Crippen molar-refractivity contribution < 1.29 is 0 Å². The molecule has 0 aliphatic carbocycles. The Bertz CT molecular complexity index is 278. The molecule has 0 aromatic heterocycles. The molecular formula is C8H13ClN4. The number of hydrogen-bond donors (Lipinski definition) is 3. The highest BCUT2D eigenvalue weighted by molar-refractivity contribution is 6.69. The summed E-state index contributed by atoms with van der Waals surface area (Å²) in [6.45, 7) is 8.59. The number of hydrogen-bond acceptors (Lipinski definition) is 4. The first-order chi connectivity index (χ1) is 5.99. The van der Waals surface area contributed by atoms with Gasteiger partial charge in [0.15, 0.2) is 5.17 Å². The predicted molar refractivity (Wildman–Crippen MR) is 56.8 cm³/mol. The SMILES string of the molecule is C=CN/C(C)=C(\N)C(Cl)=NC(=C)N. The fraction of sp³-hybridized carbons (Fsp3) is 0.125. The zero-order chi connectivity index (χ0) is 10.4. The summed E-state index contributed by atoms with van der Waals surface area (Å²) in [5, 5.41) is 2.89. The van der Waals surface area contributed by atoms with Crippen LogP contribution in [0.5, 0.6) is 0 Å². The van der Waals surface area contributed by atoms with Gasteiger partial charge in [-0.25, -0.2) is 4.99 Å². The van der Waals surface area contributed by atoms with Gasteiger partial charge in [-0.05, 0) is 13.1 Å². The molecule has 0 saturated heterocycles. The van der Waals surface area contributed by atoms with Crippen molar-refractivity contribution >= 4 is 16.8 Å². The highest BCUT2D eigenvalue weighted by atomic mass is 35.5. The van der Waals surface area contributed by atoms with Crippen molar-refractivity contribution in [3.8, 4) is 0 Å². The summed E-state index contributed by atoms with van der Waals surface area (Å²) < 4.78 is 0. The zero-order valence-corrected chi connectivity index (χ0v) is 8.23. The highest BCUT2D eigenvalue weighted by Crippen LogP contribution is 2.02.